The van der Waals surface area contributed by atoms with Crippen molar-refractivity contribution in [2.75, 3.05) is 0 Å². The van der Waals surface area contributed by atoms with E-state index in [1.54, 1.807) is 6.07 Å². The van der Waals surface area contributed by atoms with Crippen molar-refractivity contribution >= 4 is 16.7 Å². The van der Waals surface area contributed by atoms with Gasteiger partial charge in [-0.15, -0.1) is 0 Å². The summed E-state index contributed by atoms with van der Waals surface area (Å²) in [4.78, 5) is 11.3. The Labute approximate surface area is 106 Å². The van der Waals surface area contributed by atoms with Crippen LogP contribution in [0.25, 0.3) is 10.8 Å². The van der Waals surface area contributed by atoms with Crippen molar-refractivity contribution in [3.8, 4) is 0 Å². The Morgan fingerprint density at radius 3 is 2.28 bits per heavy atom. The molecule has 2 aromatic carbocycles. The zero-order valence-corrected chi connectivity index (χ0v) is 10.4. The second-order valence-corrected chi connectivity index (χ2v) is 5.03. The molecule has 0 unspecified atom stereocenters. The molecule has 0 radical (unpaired) electrons. The van der Waals surface area contributed by atoms with Gasteiger partial charge >= 0.3 is 5.97 Å². The Morgan fingerprint density at radius 2 is 1.72 bits per heavy atom. The van der Waals surface area contributed by atoms with Crippen LogP contribution in [0.4, 0.5) is 0 Å². The summed E-state index contributed by atoms with van der Waals surface area (Å²) in [5.74, 6) is -1.94. The summed E-state index contributed by atoms with van der Waals surface area (Å²) in [5, 5.41) is 21.3. The number of carboxylic acids is 1. The number of benzene rings is 2. The molecule has 2 aromatic rings. The van der Waals surface area contributed by atoms with Crippen molar-refractivity contribution in [3.63, 3.8) is 0 Å². The minimum atomic E-state index is -1.30. The average Bonchev–Trinajstić information content (AvgIpc) is 2.26. The van der Waals surface area contributed by atoms with E-state index < -0.39 is 17.5 Å². The van der Waals surface area contributed by atoms with E-state index in [4.69, 9.17) is 0 Å². The van der Waals surface area contributed by atoms with Crippen molar-refractivity contribution in [1.82, 2.24) is 0 Å². The maximum Gasteiger partial charge on any atom is 0.313 e. The van der Waals surface area contributed by atoms with Gasteiger partial charge in [0, 0.05) is 0 Å². The van der Waals surface area contributed by atoms with Crippen molar-refractivity contribution in [3.05, 3.63) is 48.0 Å². The summed E-state index contributed by atoms with van der Waals surface area (Å²) in [5.41, 5.74) is -0.678. The van der Waals surface area contributed by atoms with Crippen LogP contribution in [0.3, 0.4) is 0 Å². The van der Waals surface area contributed by atoms with E-state index >= 15 is 0 Å². The molecule has 1 atom stereocenters. The summed E-state index contributed by atoms with van der Waals surface area (Å²) in [6, 6.07) is 13.2. The van der Waals surface area contributed by atoms with Crippen LogP contribution in [0, 0.1) is 0 Å². The van der Waals surface area contributed by atoms with Gasteiger partial charge in [-0.05, 0) is 30.2 Å². The molecule has 0 aliphatic heterocycles. The summed E-state index contributed by atoms with van der Waals surface area (Å²) in [6.07, 6.45) is 0. The van der Waals surface area contributed by atoms with Crippen LogP contribution in [-0.2, 0) is 4.79 Å². The molecule has 3 nitrogen and oxygen atoms in total. The number of carbonyl (C=O) groups is 1. The fourth-order valence-corrected chi connectivity index (χ4v) is 2.24. The van der Waals surface area contributed by atoms with Gasteiger partial charge in [0.15, 0.2) is 0 Å². The highest BCUT2D eigenvalue weighted by Crippen LogP contribution is 2.30. The molecule has 0 aliphatic carbocycles. The van der Waals surface area contributed by atoms with Gasteiger partial charge in [-0.2, -0.15) is 0 Å². The number of rotatable bonds is 3. The molecule has 0 aromatic heterocycles. The SMILES string of the molecule is CC(C)(O)[C@H](C(=O)O)c1ccc2ccccc2c1. The van der Waals surface area contributed by atoms with Gasteiger partial charge in [-0.25, -0.2) is 0 Å². The van der Waals surface area contributed by atoms with Crippen LogP contribution in [0.15, 0.2) is 42.5 Å². The molecule has 3 heteroatoms. The lowest BCUT2D eigenvalue weighted by Gasteiger charge is -2.26. The third kappa shape index (κ3) is 2.36. The topological polar surface area (TPSA) is 57.5 Å². The molecule has 94 valence electrons. The normalized spacial score (nSPS) is 13.5. The number of aliphatic hydroxyl groups is 1. The number of carboxylic acid groups (broad SMARTS) is 1. The van der Waals surface area contributed by atoms with E-state index in [0.29, 0.717) is 5.56 Å². The predicted molar refractivity (Wildman–Crippen MR) is 70.6 cm³/mol. The fourth-order valence-electron chi connectivity index (χ4n) is 2.24. The highest BCUT2D eigenvalue weighted by Gasteiger charge is 2.34. The lowest BCUT2D eigenvalue weighted by Crippen LogP contribution is -2.34. The van der Waals surface area contributed by atoms with Gasteiger partial charge in [0.25, 0.3) is 0 Å². The van der Waals surface area contributed by atoms with Crippen LogP contribution in [-0.4, -0.2) is 21.8 Å². The molecule has 0 aliphatic rings. The van der Waals surface area contributed by atoms with Crippen molar-refractivity contribution in [2.45, 2.75) is 25.4 Å². The zero-order chi connectivity index (χ0) is 13.3. The second-order valence-electron chi connectivity index (χ2n) is 5.03. The summed E-state index contributed by atoms with van der Waals surface area (Å²) in [7, 11) is 0. The van der Waals surface area contributed by atoms with Crippen molar-refractivity contribution < 1.29 is 15.0 Å². The van der Waals surface area contributed by atoms with Gasteiger partial charge in [0.2, 0.25) is 0 Å². The van der Waals surface area contributed by atoms with Crippen LogP contribution in [0.5, 0.6) is 0 Å². The average molecular weight is 244 g/mol. The van der Waals surface area contributed by atoms with Gasteiger partial charge < -0.3 is 10.2 Å². The molecule has 0 bridgehead atoms. The fraction of sp³-hybridized carbons (Fsp3) is 0.267. The first-order chi connectivity index (χ1) is 8.39. The first-order valence-corrected chi connectivity index (χ1v) is 5.83. The third-order valence-electron chi connectivity index (χ3n) is 3.06. The smallest absolute Gasteiger partial charge is 0.313 e. The molecule has 0 amide bonds. The molecule has 2 N–H and O–H groups in total. The minimum Gasteiger partial charge on any atom is -0.481 e. The number of hydrogen-bond donors (Lipinski definition) is 2. The van der Waals surface area contributed by atoms with Crippen LogP contribution in [0.2, 0.25) is 0 Å². The van der Waals surface area contributed by atoms with E-state index in [-0.39, 0.29) is 0 Å². The third-order valence-corrected chi connectivity index (χ3v) is 3.06. The van der Waals surface area contributed by atoms with Crippen LogP contribution in [0.1, 0.15) is 25.3 Å². The van der Waals surface area contributed by atoms with Gasteiger partial charge in [-0.1, -0.05) is 42.5 Å². The standard InChI is InChI=1S/C15H16O3/c1-15(2,18)13(14(16)17)12-8-7-10-5-3-4-6-11(10)9-12/h3-9,13,18H,1-2H3,(H,16,17)/t13-/m0/s1. The zero-order valence-electron chi connectivity index (χ0n) is 10.4. The van der Waals surface area contributed by atoms with E-state index in [0.717, 1.165) is 10.8 Å². The van der Waals surface area contributed by atoms with Gasteiger partial charge in [-0.3, -0.25) is 4.79 Å². The maximum atomic E-state index is 11.3. The Hall–Kier alpha value is -1.87. The van der Waals surface area contributed by atoms with E-state index in [9.17, 15) is 15.0 Å². The molecule has 0 heterocycles. The highest BCUT2D eigenvalue weighted by molar-refractivity contribution is 5.85. The monoisotopic (exact) mass is 244 g/mol. The molecule has 18 heavy (non-hydrogen) atoms. The maximum absolute atomic E-state index is 11.3. The van der Waals surface area contributed by atoms with Gasteiger partial charge in [0.05, 0.1) is 5.60 Å². The summed E-state index contributed by atoms with van der Waals surface area (Å²) in [6.45, 7) is 3.03. The second kappa shape index (κ2) is 4.42. The molecular weight excluding hydrogens is 228 g/mol. The Bertz CT molecular complexity index is 582. The molecule has 2 rings (SSSR count). The Kier molecular flexibility index (Phi) is 3.09. The van der Waals surface area contributed by atoms with E-state index in [2.05, 4.69) is 0 Å². The van der Waals surface area contributed by atoms with Crippen molar-refractivity contribution in [1.29, 1.82) is 0 Å². The number of hydrogen-bond acceptors (Lipinski definition) is 2. The largest absolute Gasteiger partial charge is 0.481 e. The first-order valence-electron chi connectivity index (χ1n) is 5.83. The quantitative estimate of drug-likeness (QED) is 0.872. The Balaban J connectivity index is 2.55. The van der Waals surface area contributed by atoms with E-state index in [1.165, 1.54) is 13.8 Å². The molecule has 0 saturated carbocycles. The predicted octanol–water partition coefficient (Wildman–Crippen LogP) is 2.78. The highest BCUT2D eigenvalue weighted by atomic mass is 16.4. The lowest BCUT2D eigenvalue weighted by atomic mass is 9.84. The first kappa shape index (κ1) is 12.6. The molecule has 0 spiro atoms. The minimum absolute atomic E-state index is 0.619. The number of fused-ring (bicyclic) bond motifs is 1. The lowest BCUT2D eigenvalue weighted by molar-refractivity contribution is -0.144. The Morgan fingerprint density at radius 1 is 1.11 bits per heavy atom. The molecular formula is C15H16O3. The molecule has 0 saturated heterocycles. The van der Waals surface area contributed by atoms with Gasteiger partial charge in [0.1, 0.15) is 5.92 Å². The van der Waals surface area contributed by atoms with E-state index in [1.807, 2.05) is 36.4 Å². The number of aliphatic carboxylic acids is 1. The van der Waals surface area contributed by atoms with Crippen molar-refractivity contribution in [2.24, 2.45) is 0 Å². The summed E-state index contributed by atoms with van der Waals surface area (Å²) >= 11 is 0. The molecule has 0 fully saturated rings. The van der Waals surface area contributed by atoms with Crippen LogP contribution < -0.4 is 0 Å². The summed E-state index contributed by atoms with van der Waals surface area (Å²) < 4.78 is 0. The van der Waals surface area contributed by atoms with Crippen LogP contribution >= 0.6 is 0 Å².